The van der Waals surface area contributed by atoms with Crippen LogP contribution in [0.4, 0.5) is 14.9 Å². The van der Waals surface area contributed by atoms with Crippen molar-refractivity contribution in [1.29, 1.82) is 0 Å². The molecule has 0 unspecified atom stereocenters. The average Bonchev–Trinajstić information content (AvgIpc) is 3.02. The monoisotopic (exact) mass is 439 g/mol. The van der Waals surface area contributed by atoms with Crippen LogP contribution in [0.5, 0.6) is 5.75 Å². The van der Waals surface area contributed by atoms with Gasteiger partial charge in [-0.2, -0.15) is 0 Å². The summed E-state index contributed by atoms with van der Waals surface area (Å²) in [5.74, 6) is -0.123. The molecule has 7 heteroatoms. The molecule has 30 heavy (non-hydrogen) atoms. The zero-order valence-corrected chi connectivity index (χ0v) is 17.1. The van der Waals surface area contributed by atoms with Crippen LogP contribution in [0.25, 0.3) is 6.08 Å². The first-order valence-electron chi connectivity index (χ1n) is 9.01. The van der Waals surface area contributed by atoms with Crippen molar-refractivity contribution in [2.75, 3.05) is 4.90 Å². The lowest BCUT2D eigenvalue weighted by atomic mass is 10.2. The van der Waals surface area contributed by atoms with E-state index in [2.05, 4.69) is 0 Å². The number of hydrogen-bond acceptors (Lipinski definition) is 4. The largest absolute Gasteiger partial charge is 0.489 e. The van der Waals surface area contributed by atoms with Crippen LogP contribution in [0.2, 0.25) is 5.02 Å². The predicted molar refractivity (Wildman–Crippen MR) is 117 cm³/mol. The Kier molecular flexibility index (Phi) is 5.88. The summed E-state index contributed by atoms with van der Waals surface area (Å²) in [5, 5.41) is 0.164. The molecule has 0 N–H and O–H groups in total. The van der Waals surface area contributed by atoms with Crippen molar-refractivity contribution in [2.45, 2.75) is 6.61 Å². The second-order valence-corrected chi connectivity index (χ2v) is 7.87. The number of thioether (sulfide) groups is 1. The fraction of sp³-hybridized carbons (Fsp3) is 0.0435. The van der Waals surface area contributed by atoms with E-state index in [0.29, 0.717) is 26.9 Å². The van der Waals surface area contributed by atoms with Crippen molar-refractivity contribution in [2.24, 2.45) is 0 Å². The number of benzene rings is 3. The molecule has 0 atom stereocenters. The van der Waals surface area contributed by atoms with Crippen LogP contribution in [0.3, 0.4) is 0 Å². The van der Waals surface area contributed by atoms with Gasteiger partial charge >= 0.3 is 0 Å². The Morgan fingerprint density at radius 1 is 0.967 bits per heavy atom. The summed E-state index contributed by atoms with van der Waals surface area (Å²) >= 11 is 6.75. The minimum absolute atomic E-state index is 0.117. The Labute approximate surface area is 181 Å². The zero-order valence-electron chi connectivity index (χ0n) is 15.5. The fourth-order valence-corrected chi connectivity index (χ4v) is 3.84. The first-order chi connectivity index (χ1) is 14.5. The summed E-state index contributed by atoms with van der Waals surface area (Å²) in [6.45, 7) is 0.117. The minimum Gasteiger partial charge on any atom is -0.489 e. The van der Waals surface area contributed by atoms with E-state index in [1.807, 2.05) is 0 Å². The number of halogens is 2. The van der Waals surface area contributed by atoms with Gasteiger partial charge in [-0.05, 0) is 65.9 Å². The van der Waals surface area contributed by atoms with E-state index >= 15 is 0 Å². The van der Waals surface area contributed by atoms with Gasteiger partial charge in [0.25, 0.3) is 11.1 Å². The molecule has 150 valence electrons. The van der Waals surface area contributed by atoms with Gasteiger partial charge in [0.2, 0.25) is 0 Å². The lowest BCUT2D eigenvalue weighted by molar-refractivity contribution is -0.113. The van der Waals surface area contributed by atoms with Crippen LogP contribution >= 0.6 is 23.4 Å². The number of anilines is 1. The highest BCUT2D eigenvalue weighted by Crippen LogP contribution is 2.36. The number of ether oxygens (including phenoxy) is 1. The molecule has 3 aromatic carbocycles. The van der Waals surface area contributed by atoms with Gasteiger partial charge in [-0.1, -0.05) is 41.9 Å². The van der Waals surface area contributed by atoms with Crippen LogP contribution in [-0.2, 0) is 11.4 Å². The fourth-order valence-electron chi connectivity index (χ4n) is 2.87. The Morgan fingerprint density at radius 3 is 2.37 bits per heavy atom. The summed E-state index contributed by atoms with van der Waals surface area (Å²) < 4.78 is 19.3. The SMILES string of the molecule is O=C1S/C(=C/c2ccc(OCc3ccccc3F)cc2)C(=O)N1c1ccc(Cl)cc1. The maximum Gasteiger partial charge on any atom is 0.298 e. The number of nitrogens with zero attached hydrogens (tertiary/aromatic N) is 1. The standard InChI is InChI=1S/C23H15ClFNO3S/c24-17-7-9-18(10-8-17)26-22(27)21(30-23(26)28)13-15-5-11-19(12-6-15)29-14-16-3-1-2-4-20(16)25/h1-13H,14H2/b21-13+. The maximum atomic E-state index is 13.7. The number of imide groups is 1. The Hall–Kier alpha value is -3.09. The van der Waals surface area contributed by atoms with Gasteiger partial charge in [0.1, 0.15) is 18.2 Å². The molecule has 0 bridgehead atoms. The maximum absolute atomic E-state index is 13.7. The van der Waals surface area contributed by atoms with E-state index in [-0.39, 0.29) is 23.6 Å². The van der Waals surface area contributed by atoms with Gasteiger partial charge in [0.05, 0.1) is 10.6 Å². The molecular weight excluding hydrogens is 425 g/mol. The number of rotatable bonds is 5. The van der Waals surface area contributed by atoms with Crippen LogP contribution in [0, 0.1) is 5.82 Å². The van der Waals surface area contributed by atoms with E-state index in [9.17, 15) is 14.0 Å². The molecule has 0 aromatic heterocycles. The average molecular weight is 440 g/mol. The smallest absolute Gasteiger partial charge is 0.298 e. The molecule has 0 spiro atoms. The van der Waals surface area contributed by atoms with Crippen LogP contribution in [0.1, 0.15) is 11.1 Å². The molecule has 4 rings (SSSR count). The van der Waals surface area contributed by atoms with Gasteiger partial charge < -0.3 is 4.74 Å². The van der Waals surface area contributed by atoms with E-state index in [4.69, 9.17) is 16.3 Å². The summed E-state index contributed by atoms with van der Waals surface area (Å²) in [4.78, 5) is 26.5. The highest BCUT2D eigenvalue weighted by molar-refractivity contribution is 8.19. The van der Waals surface area contributed by atoms with Crippen molar-refractivity contribution in [3.8, 4) is 5.75 Å². The van der Waals surface area contributed by atoms with Crippen molar-refractivity contribution in [3.05, 3.63) is 99.7 Å². The van der Waals surface area contributed by atoms with Gasteiger partial charge in [0.15, 0.2) is 0 Å². The highest BCUT2D eigenvalue weighted by Gasteiger charge is 2.36. The molecule has 2 amide bonds. The highest BCUT2D eigenvalue weighted by atomic mass is 35.5. The third-order valence-corrected chi connectivity index (χ3v) is 5.53. The van der Waals surface area contributed by atoms with Crippen molar-refractivity contribution in [3.63, 3.8) is 0 Å². The van der Waals surface area contributed by atoms with Crippen molar-refractivity contribution < 1.29 is 18.7 Å². The van der Waals surface area contributed by atoms with Crippen molar-refractivity contribution >= 4 is 46.3 Å². The van der Waals surface area contributed by atoms with Gasteiger partial charge in [-0.15, -0.1) is 0 Å². The molecule has 1 aliphatic rings. The van der Waals surface area contributed by atoms with Crippen molar-refractivity contribution in [1.82, 2.24) is 0 Å². The Balaban J connectivity index is 1.46. The quantitative estimate of drug-likeness (QED) is 0.438. The third kappa shape index (κ3) is 4.40. The number of carbonyl (C=O) groups is 2. The minimum atomic E-state index is -0.382. The molecule has 1 aliphatic heterocycles. The van der Waals surface area contributed by atoms with Gasteiger partial charge in [-0.3, -0.25) is 9.59 Å². The van der Waals surface area contributed by atoms with Crippen LogP contribution in [0.15, 0.2) is 77.7 Å². The molecule has 3 aromatic rings. The summed E-state index contributed by atoms with van der Waals surface area (Å²) in [6, 6.07) is 20.0. The topological polar surface area (TPSA) is 46.6 Å². The molecular formula is C23H15ClFNO3S. The molecule has 1 heterocycles. The first kappa shape index (κ1) is 20.2. The van der Waals surface area contributed by atoms with E-state index < -0.39 is 0 Å². The first-order valence-corrected chi connectivity index (χ1v) is 10.2. The van der Waals surface area contributed by atoms with Crippen LogP contribution < -0.4 is 9.64 Å². The van der Waals surface area contributed by atoms with E-state index in [1.54, 1.807) is 72.8 Å². The molecule has 1 saturated heterocycles. The number of hydrogen-bond donors (Lipinski definition) is 0. The van der Waals surface area contributed by atoms with E-state index in [1.165, 1.54) is 6.07 Å². The lowest BCUT2D eigenvalue weighted by Gasteiger charge is -2.12. The molecule has 0 saturated carbocycles. The van der Waals surface area contributed by atoms with Gasteiger partial charge in [0, 0.05) is 10.6 Å². The normalized spacial score (nSPS) is 15.1. The van der Waals surface area contributed by atoms with E-state index in [0.717, 1.165) is 22.2 Å². The number of carbonyl (C=O) groups excluding carboxylic acids is 2. The summed E-state index contributed by atoms with van der Waals surface area (Å²) in [7, 11) is 0. The molecule has 0 aliphatic carbocycles. The Morgan fingerprint density at radius 2 is 1.67 bits per heavy atom. The zero-order chi connectivity index (χ0) is 21.1. The predicted octanol–water partition coefficient (Wildman–Crippen LogP) is 6.30. The Bertz CT molecular complexity index is 1130. The van der Waals surface area contributed by atoms with Gasteiger partial charge in [-0.25, -0.2) is 9.29 Å². The second-order valence-electron chi connectivity index (χ2n) is 6.44. The van der Waals surface area contributed by atoms with Crippen LogP contribution in [-0.4, -0.2) is 11.1 Å². The lowest BCUT2D eigenvalue weighted by Crippen LogP contribution is -2.27. The summed E-state index contributed by atoms with van der Waals surface area (Å²) in [5.41, 5.74) is 1.69. The summed E-state index contributed by atoms with van der Waals surface area (Å²) in [6.07, 6.45) is 1.65. The number of amides is 2. The second kappa shape index (κ2) is 8.73. The molecule has 4 nitrogen and oxygen atoms in total. The third-order valence-electron chi connectivity index (χ3n) is 4.41. The molecule has 0 radical (unpaired) electrons. The molecule has 1 fully saturated rings.